The zero-order chi connectivity index (χ0) is 13.8. The number of pyridine rings is 1. The highest BCUT2D eigenvalue weighted by Gasteiger charge is 2.06. The lowest BCUT2D eigenvalue weighted by Crippen LogP contribution is -1.96. The number of nitriles is 1. The molecule has 0 unspecified atom stereocenters. The number of nitrogens with zero attached hydrogens (tertiary/aromatic N) is 2. The van der Waals surface area contributed by atoms with Crippen molar-refractivity contribution in [2.24, 2.45) is 0 Å². The Balaban J connectivity index is 2.36. The summed E-state index contributed by atoms with van der Waals surface area (Å²) in [5, 5.41) is 12.6. The highest BCUT2D eigenvalue weighted by molar-refractivity contribution is 6.33. The van der Waals surface area contributed by atoms with Gasteiger partial charge in [-0.1, -0.05) is 23.2 Å². The summed E-state index contributed by atoms with van der Waals surface area (Å²) in [6.07, 6.45) is 0. The summed E-state index contributed by atoms with van der Waals surface area (Å²) in [5.74, 6) is 1.11. The van der Waals surface area contributed by atoms with E-state index in [4.69, 9.17) is 33.2 Å². The van der Waals surface area contributed by atoms with Crippen LogP contribution in [0.1, 0.15) is 5.56 Å². The smallest absolute Gasteiger partial charge is 0.133 e. The van der Waals surface area contributed by atoms with Gasteiger partial charge < -0.3 is 10.1 Å². The predicted molar refractivity (Wildman–Crippen MR) is 75.2 cm³/mol. The summed E-state index contributed by atoms with van der Waals surface area (Å²) in [6.45, 7) is 0. The Morgan fingerprint density at radius 2 is 2.05 bits per heavy atom. The Morgan fingerprint density at radius 3 is 2.74 bits per heavy atom. The molecule has 0 saturated carbocycles. The summed E-state index contributed by atoms with van der Waals surface area (Å²) in [7, 11) is 1.57. The number of hydrogen-bond acceptors (Lipinski definition) is 4. The molecule has 0 bridgehead atoms. The minimum atomic E-state index is 0.237. The Kier molecular flexibility index (Phi) is 4.10. The number of anilines is 2. The van der Waals surface area contributed by atoms with Crippen molar-refractivity contribution in [2.45, 2.75) is 0 Å². The van der Waals surface area contributed by atoms with Gasteiger partial charge in [0, 0.05) is 6.07 Å². The number of ether oxygens (including phenoxy) is 1. The van der Waals surface area contributed by atoms with E-state index in [9.17, 15) is 0 Å². The fourth-order valence-corrected chi connectivity index (χ4v) is 1.86. The SMILES string of the molecule is COc1ccc(Cl)c(Nc2cc(C#N)cc(Cl)n2)c1. The number of benzene rings is 1. The highest BCUT2D eigenvalue weighted by atomic mass is 35.5. The van der Waals surface area contributed by atoms with Crippen molar-refractivity contribution in [1.82, 2.24) is 4.98 Å². The molecule has 0 amide bonds. The molecule has 96 valence electrons. The fraction of sp³-hybridized carbons (Fsp3) is 0.0769. The first kappa shape index (κ1) is 13.5. The zero-order valence-electron chi connectivity index (χ0n) is 9.95. The zero-order valence-corrected chi connectivity index (χ0v) is 11.5. The summed E-state index contributed by atoms with van der Waals surface area (Å²) in [6, 6.07) is 10.3. The Labute approximate surface area is 120 Å². The van der Waals surface area contributed by atoms with Crippen LogP contribution in [-0.4, -0.2) is 12.1 Å². The first-order valence-corrected chi connectivity index (χ1v) is 6.06. The van der Waals surface area contributed by atoms with Crippen LogP contribution in [0.25, 0.3) is 0 Å². The van der Waals surface area contributed by atoms with Crippen LogP contribution in [0.2, 0.25) is 10.2 Å². The lowest BCUT2D eigenvalue weighted by atomic mass is 10.2. The van der Waals surface area contributed by atoms with Crippen LogP contribution >= 0.6 is 23.2 Å². The molecule has 0 radical (unpaired) electrons. The van der Waals surface area contributed by atoms with Crippen molar-refractivity contribution in [1.29, 1.82) is 5.26 Å². The number of hydrogen-bond donors (Lipinski definition) is 1. The molecule has 0 spiro atoms. The number of methoxy groups -OCH3 is 1. The van der Waals surface area contributed by atoms with Gasteiger partial charge >= 0.3 is 0 Å². The van der Waals surface area contributed by atoms with Crippen LogP contribution in [0, 0.1) is 11.3 Å². The van der Waals surface area contributed by atoms with Gasteiger partial charge in [0.1, 0.15) is 16.7 Å². The molecule has 0 saturated heterocycles. The van der Waals surface area contributed by atoms with Gasteiger partial charge in [-0.05, 0) is 24.3 Å². The van der Waals surface area contributed by atoms with Crippen LogP contribution in [-0.2, 0) is 0 Å². The topological polar surface area (TPSA) is 57.9 Å². The third-order valence-corrected chi connectivity index (χ3v) is 2.88. The third kappa shape index (κ3) is 3.28. The van der Waals surface area contributed by atoms with Crippen LogP contribution in [0.15, 0.2) is 30.3 Å². The molecule has 0 aliphatic heterocycles. The monoisotopic (exact) mass is 293 g/mol. The average molecular weight is 294 g/mol. The fourth-order valence-electron chi connectivity index (χ4n) is 1.49. The summed E-state index contributed by atoms with van der Waals surface area (Å²) >= 11 is 11.9. The lowest BCUT2D eigenvalue weighted by Gasteiger charge is -2.10. The van der Waals surface area contributed by atoms with Gasteiger partial charge in [0.05, 0.1) is 29.5 Å². The molecule has 19 heavy (non-hydrogen) atoms. The Bertz CT molecular complexity index is 653. The van der Waals surface area contributed by atoms with E-state index in [2.05, 4.69) is 10.3 Å². The minimum absolute atomic E-state index is 0.237. The second-order valence-electron chi connectivity index (χ2n) is 3.65. The van der Waals surface area contributed by atoms with Crippen LogP contribution in [0.4, 0.5) is 11.5 Å². The maximum absolute atomic E-state index is 8.88. The van der Waals surface area contributed by atoms with Gasteiger partial charge in [0.25, 0.3) is 0 Å². The lowest BCUT2D eigenvalue weighted by molar-refractivity contribution is 0.415. The van der Waals surface area contributed by atoms with Gasteiger partial charge in [0.15, 0.2) is 0 Å². The van der Waals surface area contributed by atoms with E-state index in [0.29, 0.717) is 27.8 Å². The van der Waals surface area contributed by atoms with Crippen molar-refractivity contribution < 1.29 is 4.74 Å². The molecule has 0 aliphatic carbocycles. The predicted octanol–water partition coefficient (Wildman–Crippen LogP) is 4.01. The maximum atomic E-state index is 8.88. The molecule has 0 aliphatic rings. The largest absolute Gasteiger partial charge is 0.497 e. The third-order valence-electron chi connectivity index (χ3n) is 2.36. The quantitative estimate of drug-likeness (QED) is 0.869. The number of rotatable bonds is 3. The molecule has 1 aromatic heterocycles. The molecule has 1 aromatic carbocycles. The van der Waals surface area contributed by atoms with E-state index < -0.39 is 0 Å². The van der Waals surface area contributed by atoms with Crippen LogP contribution < -0.4 is 10.1 Å². The number of nitrogens with one attached hydrogen (secondary N) is 1. The first-order chi connectivity index (χ1) is 9.12. The van der Waals surface area contributed by atoms with Crippen molar-refractivity contribution in [3.05, 3.63) is 46.1 Å². The van der Waals surface area contributed by atoms with E-state index in [1.165, 1.54) is 6.07 Å². The van der Waals surface area contributed by atoms with Gasteiger partial charge in [-0.25, -0.2) is 4.98 Å². The average Bonchev–Trinajstić information content (AvgIpc) is 2.40. The minimum Gasteiger partial charge on any atom is -0.497 e. The second-order valence-corrected chi connectivity index (χ2v) is 4.44. The van der Waals surface area contributed by atoms with E-state index in [0.717, 1.165) is 0 Å². The number of halogens is 2. The summed E-state index contributed by atoms with van der Waals surface area (Å²) in [5.41, 5.74) is 1.04. The Morgan fingerprint density at radius 1 is 1.26 bits per heavy atom. The van der Waals surface area contributed by atoms with E-state index in [1.54, 1.807) is 31.4 Å². The summed E-state index contributed by atoms with van der Waals surface area (Å²) in [4.78, 5) is 4.08. The van der Waals surface area contributed by atoms with Crippen molar-refractivity contribution in [3.63, 3.8) is 0 Å². The van der Waals surface area contributed by atoms with E-state index >= 15 is 0 Å². The van der Waals surface area contributed by atoms with E-state index in [1.807, 2.05) is 6.07 Å². The van der Waals surface area contributed by atoms with Crippen molar-refractivity contribution >= 4 is 34.7 Å². The van der Waals surface area contributed by atoms with Crippen molar-refractivity contribution in [3.8, 4) is 11.8 Å². The molecule has 2 aromatic rings. The molecule has 2 rings (SSSR count). The first-order valence-electron chi connectivity index (χ1n) is 5.30. The second kappa shape index (κ2) is 5.79. The molecule has 0 fully saturated rings. The van der Waals surface area contributed by atoms with Crippen LogP contribution in [0.5, 0.6) is 5.75 Å². The highest BCUT2D eigenvalue weighted by Crippen LogP contribution is 2.29. The molecule has 0 atom stereocenters. The standard InChI is InChI=1S/C13H9Cl2N3O/c1-19-9-2-3-10(14)11(6-9)17-13-5-8(7-16)4-12(15)18-13/h2-6H,1H3,(H,17,18). The van der Waals surface area contributed by atoms with Gasteiger partial charge in [-0.15, -0.1) is 0 Å². The maximum Gasteiger partial charge on any atom is 0.133 e. The van der Waals surface area contributed by atoms with Gasteiger partial charge in [-0.3, -0.25) is 0 Å². The molecular weight excluding hydrogens is 285 g/mol. The number of aromatic nitrogens is 1. The molecular formula is C13H9Cl2N3O. The van der Waals surface area contributed by atoms with Gasteiger partial charge in [0.2, 0.25) is 0 Å². The molecule has 4 nitrogen and oxygen atoms in total. The van der Waals surface area contributed by atoms with E-state index in [-0.39, 0.29) is 5.15 Å². The van der Waals surface area contributed by atoms with Gasteiger partial charge in [-0.2, -0.15) is 5.26 Å². The van der Waals surface area contributed by atoms with Crippen LogP contribution in [0.3, 0.4) is 0 Å². The summed E-state index contributed by atoms with van der Waals surface area (Å²) < 4.78 is 5.12. The molecule has 6 heteroatoms. The molecule has 1 heterocycles. The Hall–Kier alpha value is -1.96. The normalized spacial score (nSPS) is 9.79. The molecule has 1 N–H and O–H groups in total. The van der Waals surface area contributed by atoms with Crippen molar-refractivity contribution in [2.75, 3.05) is 12.4 Å².